The van der Waals surface area contributed by atoms with Gasteiger partial charge in [-0.25, -0.2) is 39.1 Å². The number of aliphatic hydroxyl groups excluding tert-OH is 1. The van der Waals surface area contributed by atoms with Crippen LogP contribution in [0.4, 0.5) is 11.8 Å². The van der Waals surface area contributed by atoms with Gasteiger partial charge in [-0.3, -0.25) is 80.9 Å². The minimum atomic E-state index is -5.27. The van der Waals surface area contributed by atoms with E-state index in [9.17, 15) is 67.8 Å². The third kappa shape index (κ3) is 19.1. The smallest absolute Gasteiger partial charge is 0.330 e. The summed E-state index contributed by atoms with van der Waals surface area (Å²) in [4.78, 5) is 222. The van der Waals surface area contributed by atoms with Gasteiger partial charge in [-0.1, -0.05) is 59.0 Å². The number of rotatable bonds is 35. The molecule has 0 aliphatic carbocycles. The lowest BCUT2D eigenvalue weighted by atomic mass is 9.94. The lowest BCUT2D eigenvalue weighted by Gasteiger charge is -2.42. The molecule has 134 heavy (non-hydrogen) atoms. The topological polar surface area (TPSA) is 725 Å². The molecular weight excluding hydrogens is 2030 g/mol. The van der Waals surface area contributed by atoms with Crippen LogP contribution in [0.15, 0.2) is 86.9 Å². The first-order valence-corrected chi connectivity index (χ1v) is 55.5. The lowest BCUT2D eigenvalue weighted by Crippen LogP contribution is -2.52. The second-order valence-electron chi connectivity index (χ2n) is 32.5. The average Bonchev–Trinajstić information content (AvgIpc) is 1.56. The van der Waals surface area contributed by atoms with E-state index in [2.05, 4.69) is 49.8 Å². The van der Waals surface area contributed by atoms with Gasteiger partial charge in [0, 0.05) is 73.4 Å². The largest absolute Gasteiger partial charge is 0.780 e. The van der Waals surface area contributed by atoms with Gasteiger partial charge in [-0.2, -0.15) is 4.98 Å². The van der Waals surface area contributed by atoms with Crippen LogP contribution in [0.3, 0.4) is 0 Å². The molecule has 0 amide bonds. The number of H-pyrrole nitrogens is 5. The highest BCUT2D eigenvalue weighted by Crippen LogP contribution is 2.64. The fourth-order valence-corrected chi connectivity index (χ4v) is 25.5. The molecule has 55 nitrogen and oxygen atoms in total. The molecule has 9 fully saturated rings. The maximum atomic E-state index is 15.5. The Labute approximate surface area is 780 Å². The molecule has 67 heteroatoms. The molecule has 6 bridgehead atoms. The summed E-state index contributed by atoms with van der Waals surface area (Å²) in [6.07, 6.45) is -23.8. The van der Waals surface area contributed by atoms with Crippen LogP contribution >= 0.6 is 40.4 Å². The molecule has 732 valence electrons. The van der Waals surface area contributed by atoms with Crippen molar-refractivity contribution in [1.29, 1.82) is 0 Å². The number of nitrogens with one attached hydrogen (secondary N) is 5. The van der Waals surface area contributed by atoms with E-state index in [-0.39, 0.29) is 62.8 Å². The molecule has 10 N–H and O–H groups in total. The average molecular weight is 2110 g/mol. The predicted octanol–water partition coefficient (Wildman–Crippen LogP) is -4.80. The molecule has 17 rings (SSSR count). The van der Waals surface area contributed by atoms with Crippen molar-refractivity contribution in [3.8, 4) is 0 Å². The fraction of sp³-hybridized carbons (Fsp3) is 0.612. The van der Waals surface area contributed by atoms with Gasteiger partial charge < -0.3 is 150 Å². The molecule has 12 unspecified atom stereocenters. The maximum absolute atomic E-state index is 15.5. The molecule has 9 saturated heterocycles. The number of aryl methyl sites for hydroxylation is 4. The summed E-state index contributed by atoms with van der Waals surface area (Å²) < 4.78 is 150. The Morgan fingerprint density at radius 2 is 0.828 bits per heavy atom. The van der Waals surface area contributed by atoms with E-state index in [0.29, 0.717) is 0 Å². The van der Waals surface area contributed by atoms with Gasteiger partial charge in [-0.15, -0.1) is 0 Å². The van der Waals surface area contributed by atoms with Gasteiger partial charge in [0.2, 0.25) is 5.95 Å². The van der Waals surface area contributed by atoms with E-state index in [0.717, 1.165) is 50.3 Å². The third-order valence-corrected chi connectivity index (χ3v) is 33.5. The quantitative estimate of drug-likeness (QED) is 0.0136. The van der Waals surface area contributed by atoms with Gasteiger partial charge in [-0.05, 0) is 48.5 Å². The highest BCUT2D eigenvalue weighted by Gasteiger charge is 2.72. The van der Waals surface area contributed by atoms with E-state index in [4.69, 9.17) is 180 Å². The van der Waals surface area contributed by atoms with E-state index >= 15 is 9.46 Å². The normalized spacial score (nSPS) is 34.2. The number of ether oxygens (including phenoxy) is 9. The molecule has 0 saturated carbocycles. The van der Waals surface area contributed by atoms with Gasteiger partial charge in [0.1, 0.15) is 136 Å². The van der Waals surface area contributed by atoms with E-state index in [1.165, 1.54) is 76.5 Å². The van der Waals surface area contributed by atoms with Crippen LogP contribution < -0.4 is 86.5 Å². The second kappa shape index (κ2) is 37.1. The number of fused-ring (bicyclic) bond motifs is 8. The van der Waals surface area contributed by atoms with Crippen molar-refractivity contribution < 1.29 is 131 Å². The van der Waals surface area contributed by atoms with Crippen LogP contribution in [-0.2, 0) is 173 Å². The Hall–Kier alpha value is -6.03. The first kappa shape index (κ1) is 99.5. The summed E-state index contributed by atoms with van der Waals surface area (Å²) in [6, 6.07) is 0. The van der Waals surface area contributed by atoms with Crippen molar-refractivity contribution >= 4 is 146 Å². The van der Waals surface area contributed by atoms with Crippen LogP contribution in [0, 0.1) is 27.7 Å². The monoisotopic (exact) mass is 2110 g/mol. The number of nitrogens with zero attached hydrogens (tertiary/aromatic N) is 11. The number of nitrogen functional groups attached to an aromatic ring is 2. The van der Waals surface area contributed by atoms with E-state index in [1.54, 1.807) is 0 Å². The first-order valence-electron chi connectivity index (χ1n) is 40.2. The Bertz CT molecular complexity index is 6890. The van der Waals surface area contributed by atoms with E-state index in [1.807, 2.05) is 0 Å². The Morgan fingerprint density at radius 3 is 1.28 bits per heavy atom. The zero-order chi connectivity index (χ0) is 96.3. The van der Waals surface area contributed by atoms with Crippen LogP contribution in [0.25, 0.3) is 22.3 Å². The molecule has 0 spiro atoms. The van der Waals surface area contributed by atoms with Crippen LogP contribution in [0.2, 0.25) is 0 Å². The number of imidazole rings is 2. The summed E-state index contributed by atoms with van der Waals surface area (Å²) in [6.45, 7) is -25.4. The predicted molar refractivity (Wildman–Crippen MR) is 463 cm³/mol. The number of nitrogens with two attached hydrogens (primary N) is 2. The highest BCUT2D eigenvalue weighted by molar-refractivity contribution is 8.32. The molecule has 30 atom stereocenters. The Kier molecular flexibility index (Phi) is 27.6. The SMILES string of the molecule is COP([O-])(=S)OC1C[C@H](n2cnc3c(N)ncnc32)O[C@@H]1COP([O-])(=S)OC1C[C@H](n2cc(C)c(=O)[nH]c2=O)O[C@@H]1COP([O-])(=S)OC1C[C@H](n2cc(C)c(=O)[nH]c2=O)O[C@@H]1COP([O-])(=S)OC1[C@@H]2O[C@@H](C)[C@]1(COP(=O)([S-])OC1[C@@H]3O[C@@H](C)[C@]1(COP([O-])(=S)OC1[C@@H]4O[C@@H](C)[C@]1(CO)O[C@H]4n1cc(C)c(=O)[nH]c1=O)O[C@H]3n1cnc3c(=O)[nH]c(N)nc31)O[C@H]2n1cc(C)c(=O)[nH]c1=O. The van der Waals surface area contributed by atoms with Gasteiger partial charge in [0.05, 0.1) is 88.9 Å². The second-order valence-corrected chi connectivity index (χ2v) is 48.8. The van der Waals surface area contributed by atoms with Gasteiger partial charge in [0.15, 0.2) is 48.1 Å². The van der Waals surface area contributed by atoms with Crippen molar-refractivity contribution in [2.45, 2.75) is 213 Å². The lowest BCUT2D eigenvalue weighted by molar-refractivity contribution is -0.240. The minimum Gasteiger partial charge on any atom is -0.780 e. The number of aromatic nitrogens is 16. The molecule has 8 aromatic rings. The van der Waals surface area contributed by atoms with Crippen molar-refractivity contribution in [2.24, 2.45) is 0 Å². The zero-order valence-electron chi connectivity index (χ0n) is 70.4. The van der Waals surface area contributed by atoms with Crippen molar-refractivity contribution in [1.82, 2.24) is 77.2 Å². The molecule has 0 aromatic carbocycles. The summed E-state index contributed by atoms with van der Waals surface area (Å²) >= 11 is 32.8. The first-order chi connectivity index (χ1) is 62.9. The van der Waals surface area contributed by atoms with Crippen molar-refractivity contribution in [3.63, 3.8) is 0 Å². The number of aromatic amines is 5. The maximum Gasteiger partial charge on any atom is 0.330 e. The zero-order valence-corrected chi connectivity index (χ0v) is 80.6. The number of aliphatic hydroxyl groups is 1. The summed E-state index contributed by atoms with van der Waals surface area (Å²) in [5, 5.41) is 11.0. The van der Waals surface area contributed by atoms with E-state index < -0.39 is 289 Å². The molecule has 0 radical (unpaired) electrons. The number of hydrogen-bond donors (Lipinski definition) is 8. The Morgan fingerprint density at radius 1 is 0.463 bits per heavy atom. The van der Waals surface area contributed by atoms with Crippen molar-refractivity contribution in [3.05, 3.63) is 160 Å². The summed E-state index contributed by atoms with van der Waals surface area (Å²) in [5.74, 6) is -0.334. The van der Waals surface area contributed by atoms with Gasteiger partial charge in [0.25, 0.3) is 27.8 Å². The Balaban J connectivity index is 0.618. The molecule has 17 heterocycles. The van der Waals surface area contributed by atoms with Gasteiger partial charge >= 0.3 is 22.8 Å². The molecule has 9 aliphatic rings. The minimum absolute atomic E-state index is 0.0113. The van der Waals surface area contributed by atoms with Crippen molar-refractivity contribution in [2.75, 3.05) is 58.2 Å². The molecular formula is C67H80N18O37P6S6-6. The van der Waals surface area contributed by atoms with Crippen LogP contribution in [0.1, 0.15) is 99.7 Å². The standard InChI is InChI=1S/C67H86N18O37P6S6/c1-25-12-80(61(92)76-52(25)87)38-9-33(118-124(97,130)103-16-35-32(117-123(96,129)102-8)11-40(113-35)84-23-72-41-49(68)70-22-71-50(41)84)36(111-38)17-104-125(98,131)119-34-10-39(81-13-26(2)53(88)77-62(81)93)112-37(34)18-105-126(99,132)121-47-44-58(83-15-28(4)55(90)79-64(83)95)115-66(47,30(6)109-44)20-107-128(101,134)122-48-45-59(85-24-73-42-51(85)74-60(69)75-56(42)91)116-67(48,31(7)110-45)21-106-127(100,133)120-46-43-57(114-65(46,19-86)29(5)108-43)82-14-27(3)54(89)78-63(82)94/h12-15,22-24,29-40,43-48,57-59,86H,9-11,16-21H2,1-8H3,(H,96,129)(H,97,130)(H,98,131)(H,99,132)(H,100,133)(H,101,134)(H2,68,70,71)(H,76,87,92)(H,77,88,93)(H,78,89,94)(H,79,90,95)(H3,69,74,75,91)/p-6/t29-,30-,31-,32?,33?,34?,35+,36+,37+,38+,39+,40+,43-,44-,45-,46?,47?,48?,57+,58+,59+,65-,66-,67-,123?,124?,125?,126?,127?,128?/m0/s1. The summed E-state index contributed by atoms with van der Waals surface area (Å²) in [5.41, 5.74) is -2.20. The van der Waals surface area contributed by atoms with Crippen LogP contribution in [0.5, 0.6) is 0 Å². The molecule has 9 aliphatic heterocycles. The fourth-order valence-electron chi connectivity index (χ4n) is 17.3. The number of anilines is 2. The molecule has 8 aromatic heterocycles. The van der Waals surface area contributed by atoms with Crippen LogP contribution in [-0.4, -0.2) is 237 Å². The number of hydrogen-bond acceptors (Lipinski definition) is 50. The highest BCUT2D eigenvalue weighted by atomic mass is 32.7. The summed E-state index contributed by atoms with van der Waals surface area (Å²) in [7, 11) is 1.05. The third-order valence-electron chi connectivity index (χ3n) is 24.1.